The molecule has 0 spiro atoms. The molecule has 0 saturated carbocycles. The number of rotatable bonds is 3. The maximum absolute atomic E-state index is 12.4. The Balaban J connectivity index is 1.38. The van der Waals surface area contributed by atoms with E-state index in [1.54, 1.807) is 18.6 Å². The van der Waals surface area contributed by atoms with Crippen molar-refractivity contribution >= 4 is 5.91 Å². The molecule has 7 nitrogen and oxygen atoms in total. The fraction of sp³-hybridized carbons (Fsp3) is 0.438. The summed E-state index contributed by atoms with van der Waals surface area (Å²) < 4.78 is 5.32. The predicted octanol–water partition coefficient (Wildman–Crippen LogP) is 1.81. The Morgan fingerprint density at radius 3 is 2.91 bits per heavy atom. The van der Waals surface area contributed by atoms with Gasteiger partial charge in [-0.25, -0.2) is 4.98 Å². The predicted molar refractivity (Wildman–Crippen MR) is 81.1 cm³/mol. The van der Waals surface area contributed by atoms with Crippen molar-refractivity contribution in [3.8, 4) is 11.5 Å². The van der Waals surface area contributed by atoms with Crippen LogP contribution < -0.4 is 0 Å². The zero-order chi connectivity index (χ0) is 15.6. The van der Waals surface area contributed by atoms with Gasteiger partial charge in [-0.15, -0.1) is 0 Å². The van der Waals surface area contributed by atoms with Gasteiger partial charge in [0.05, 0.1) is 12.1 Å². The van der Waals surface area contributed by atoms with Gasteiger partial charge in [0.2, 0.25) is 17.6 Å². The Bertz CT molecular complexity index is 721. The van der Waals surface area contributed by atoms with E-state index in [1.165, 1.54) is 0 Å². The zero-order valence-electron chi connectivity index (χ0n) is 12.6. The summed E-state index contributed by atoms with van der Waals surface area (Å²) in [6.45, 7) is 1.31. The van der Waals surface area contributed by atoms with Crippen LogP contribution in [-0.2, 0) is 4.79 Å². The number of allylic oxidation sites excluding steroid dienone is 2. The first-order valence-electron chi connectivity index (χ1n) is 7.85. The summed E-state index contributed by atoms with van der Waals surface area (Å²) in [5.74, 6) is 1.52. The minimum Gasteiger partial charge on any atom is -0.341 e. The highest BCUT2D eigenvalue weighted by Gasteiger charge is 2.38. The molecule has 1 fully saturated rings. The Labute approximate surface area is 133 Å². The summed E-state index contributed by atoms with van der Waals surface area (Å²) in [5.41, 5.74) is 0.587. The van der Waals surface area contributed by atoms with Gasteiger partial charge < -0.3 is 9.42 Å². The second kappa shape index (κ2) is 5.91. The monoisotopic (exact) mass is 311 g/mol. The van der Waals surface area contributed by atoms with E-state index in [2.05, 4.69) is 32.3 Å². The van der Waals surface area contributed by atoms with Crippen molar-refractivity contribution in [2.75, 3.05) is 13.1 Å². The molecule has 2 aromatic heterocycles. The van der Waals surface area contributed by atoms with Crippen molar-refractivity contribution in [2.45, 2.75) is 25.2 Å². The summed E-state index contributed by atoms with van der Waals surface area (Å²) >= 11 is 0. The lowest BCUT2D eigenvalue weighted by atomic mass is 9.90. The van der Waals surface area contributed by atoms with Crippen LogP contribution in [0.3, 0.4) is 0 Å². The molecule has 2 aromatic rings. The average Bonchev–Trinajstić information content (AvgIpc) is 3.05. The van der Waals surface area contributed by atoms with Crippen LogP contribution in [0.1, 0.15) is 31.1 Å². The molecule has 0 aromatic carbocycles. The molecule has 0 N–H and O–H groups in total. The van der Waals surface area contributed by atoms with E-state index in [9.17, 15) is 4.79 Å². The van der Waals surface area contributed by atoms with Gasteiger partial charge in [-0.1, -0.05) is 17.3 Å². The largest absolute Gasteiger partial charge is 0.341 e. The highest BCUT2D eigenvalue weighted by Crippen LogP contribution is 2.30. The maximum Gasteiger partial charge on any atom is 0.233 e. The van der Waals surface area contributed by atoms with Gasteiger partial charge >= 0.3 is 0 Å². The Hall–Kier alpha value is -2.57. The lowest BCUT2D eigenvalue weighted by molar-refractivity contribution is -0.140. The molecule has 118 valence electrons. The van der Waals surface area contributed by atoms with E-state index in [0.29, 0.717) is 30.5 Å². The Morgan fingerprint density at radius 2 is 2.17 bits per heavy atom. The van der Waals surface area contributed by atoms with Crippen molar-refractivity contribution < 1.29 is 9.32 Å². The van der Waals surface area contributed by atoms with E-state index >= 15 is 0 Å². The van der Waals surface area contributed by atoms with Crippen molar-refractivity contribution in [3.63, 3.8) is 0 Å². The quantitative estimate of drug-likeness (QED) is 0.804. The van der Waals surface area contributed by atoms with Gasteiger partial charge in [0.1, 0.15) is 5.69 Å². The number of hydrogen-bond acceptors (Lipinski definition) is 6. The van der Waals surface area contributed by atoms with E-state index in [4.69, 9.17) is 4.52 Å². The third-order valence-electron chi connectivity index (χ3n) is 4.39. The van der Waals surface area contributed by atoms with Crippen LogP contribution in [0.25, 0.3) is 11.5 Å². The molecule has 1 unspecified atom stereocenters. The van der Waals surface area contributed by atoms with Crippen molar-refractivity contribution in [2.24, 2.45) is 5.92 Å². The maximum atomic E-state index is 12.4. The average molecular weight is 311 g/mol. The van der Waals surface area contributed by atoms with Crippen LogP contribution in [0.4, 0.5) is 0 Å². The first kappa shape index (κ1) is 14.0. The molecule has 2 aliphatic rings. The number of likely N-dealkylation sites (tertiary alicyclic amines) is 1. The molecule has 0 radical (unpaired) electrons. The summed E-state index contributed by atoms with van der Waals surface area (Å²) in [6, 6.07) is 0. The van der Waals surface area contributed by atoms with Crippen LogP contribution in [0.5, 0.6) is 0 Å². The lowest BCUT2D eigenvalue weighted by Gasteiger charge is -2.39. The van der Waals surface area contributed by atoms with Crippen LogP contribution in [0.2, 0.25) is 0 Å². The molecule has 0 bridgehead atoms. The first-order chi connectivity index (χ1) is 11.3. The van der Waals surface area contributed by atoms with E-state index in [1.807, 2.05) is 4.90 Å². The van der Waals surface area contributed by atoms with Crippen LogP contribution in [0.15, 0.2) is 35.3 Å². The van der Waals surface area contributed by atoms with Crippen LogP contribution >= 0.6 is 0 Å². The molecular weight excluding hydrogens is 294 g/mol. The topological polar surface area (TPSA) is 85.0 Å². The number of aromatic nitrogens is 4. The smallest absolute Gasteiger partial charge is 0.233 e. The van der Waals surface area contributed by atoms with E-state index in [-0.39, 0.29) is 17.7 Å². The molecular formula is C16H17N5O2. The number of carbonyl (C=O) groups is 1. The Morgan fingerprint density at radius 1 is 1.26 bits per heavy atom. The fourth-order valence-electron chi connectivity index (χ4n) is 3.01. The highest BCUT2D eigenvalue weighted by molar-refractivity contribution is 5.80. The Kier molecular flexibility index (Phi) is 3.61. The van der Waals surface area contributed by atoms with Gasteiger partial charge in [-0.3, -0.25) is 9.78 Å². The van der Waals surface area contributed by atoms with Crippen molar-refractivity contribution in [1.82, 2.24) is 25.0 Å². The molecule has 4 rings (SSSR count). The van der Waals surface area contributed by atoms with E-state index in [0.717, 1.165) is 19.3 Å². The second-order valence-corrected chi connectivity index (χ2v) is 5.97. The standard InChI is InChI=1S/C16H17N5O2/c22-16(11-4-2-1-3-5-11)21-9-12(10-21)15-19-14(20-23-15)13-8-17-6-7-18-13/h1-2,6-8,11-12H,3-5,9-10H2. The normalized spacial score (nSPS) is 21.2. The van der Waals surface area contributed by atoms with Crippen molar-refractivity contribution in [1.29, 1.82) is 0 Å². The van der Waals surface area contributed by atoms with Crippen LogP contribution in [-0.4, -0.2) is 44.0 Å². The van der Waals surface area contributed by atoms with Gasteiger partial charge in [-0.05, 0) is 19.3 Å². The van der Waals surface area contributed by atoms with Gasteiger partial charge in [0.15, 0.2) is 0 Å². The minimum atomic E-state index is 0.121. The summed E-state index contributed by atoms with van der Waals surface area (Å²) in [7, 11) is 0. The lowest BCUT2D eigenvalue weighted by Crippen LogP contribution is -2.50. The summed E-state index contributed by atoms with van der Waals surface area (Å²) in [4.78, 5) is 26.8. The molecule has 1 atom stereocenters. The third kappa shape index (κ3) is 2.74. The van der Waals surface area contributed by atoms with Gasteiger partial charge in [-0.2, -0.15) is 4.98 Å². The van der Waals surface area contributed by atoms with Crippen LogP contribution in [0, 0.1) is 5.92 Å². The summed E-state index contributed by atoms with van der Waals surface area (Å²) in [6.07, 6.45) is 11.9. The van der Waals surface area contributed by atoms with Gasteiger partial charge in [0.25, 0.3) is 0 Å². The molecule has 3 heterocycles. The number of amides is 1. The van der Waals surface area contributed by atoms with Crippen molar-refractivity contribution in [3.05, 3.63) is 36.6 Å². The second-order valence-electron chi connectivity index (χ2n) is 5.97. The molecule has 1 amide bonds. The zero-order valence-corrected chi connectivity index (χ0v) is 12.6. The van der Waals surface area contributed by atoms with Gasteiger partial charge in [0, 0.05) is 31.4 Å². The summed E-state index contributed by atoms with van der Waals surface area (Å²) in [5, 5.41) is 3.95. The third-order valence-corrected chi connectivity index (χ3v) is 4.39. The SMILES string of the molecule is O=C(C1CC=CCC1)N1CC(c2nc(-c3cnccn3)no2)C1. The number of carbonyl (C=O) groups excluding carboxylic acids is 1. The van der Waals surface area contributed by atoms with E-state index < -0.39 is 0 Å². The molecule has 1 aliphatic carbocycles. The fourth-order valence-corrected chi connectivity index (χ4v) is 3.01. The minimum absolute atomic E-state index is 0.121. The molecule has 7 heteroatoms. The first-order valence-corrected chi connectivity index (χ1v) is 7.85. The molecule has 1 aliphatic heterocycles. The molecule has 1 saturated heterocycles. The number of hydrogen-bond donors (Lipinski definition) is 0. The molecule has 23 heavy (non-hydrogen) atoms. The highest BCUT2D eigenvalue weighted by atomic mass is 16.5. The number of nitrogens with zero attached hydrogens (tertiary/aromatic N) is 5.